The molecule has 18 heavy (non-hydrogen) atoms. The molecule has 0 saturated heterocycles. The fourth-order valence-electron chi connectivity index (χ4n) is 1.29. The van der Waals surface area contributed by atoms with Crippen molar-refractivity contribution in [1.82, 2.24) is 0 Å². The van der Waals surface area contributed by atoms with Gasteiger partial charge in [-0.25, -0.2) is 9.18 Å². The fraction of sp³-hybridized carbons (Fsp3) is 0.385. The number of carbonyl (C=O) groups excluding carboxylic acids is 1. The maximum absolute atomic E-state index is 13.1. The van der Waals surface area contributed by atoms with Gasteiger partial charge in [-0.05, 0) is 39.0 Å². The van der Waals surface area contributed by atoms with Gasteiger partial charge in [0.05, 0.1) is 11.8 Å². The Kier molecular flexibility index (Phi) is 4.27. The third-order valence-corrected chi connectivity index (χ3v) is 1.96. The van der Waals surface area contributed by atoms with Crippen LogP contribution in [-0.2, 0) is 4.74 Å². The summed E-state index contributed by atoms with van der Waals surface area (Å²) in [5, 5.41) is 8.72. The molecule has 0 fully saturated rings. The zero-order valence-corrected chi connectivity index (χ0v) is 10.6. The van der Waals surface area contributed by atoms with Crippen molar-refractivity contribution in [2.24, 2.45) is 0 Å². The monoisotopic (exact) mass is 250 g/mol. The molecule has 1 aromatic rings. The molecule has 0 aliphatic carbocycles. The van der Waals surface area contributed by atoms with E-state index in [1.165, 1.54) is 18.2 Å². The number of nitrogens with zero attached hydrogens (tertiary/aromatic N) is 2. The molecule has 0 N–H and O–H groups in total. The minimum absolute atomic E-state index is 0.196. The van der Waals surface area contributed by atoms with Crippen molar-refractivity contribution in [3.8, 4) is 6.07 Å². The van der Waals surface area contributed by atoms with Crippen molar-refractivity contribution in [1.29, 1.82) is 5.26 Å². The van der Waals surface area contributed by atoms with Crippen LogP contribution in [0.3, 0.4) is 0 Å². The maximum atomic E-state index is 13.1. The summed E-state index contributed by atoms with van der Waals surface area (Å²) in [6.45, 7) is 4.97. The van der Waals surface area contributed by atoms with Gasteiger partial charge < -0.3 is 4.74 Å². The van der Waals surface area contributed by atoms with Crippen molar-refractivity contribution in [3.63, 3.8) is 0 Å². The second kappa shape index (κ2) is 5.50. The zero-order chi connectivity index (χ0) is 13.8. The molecule has 0 saturated carbocycles. The Labute approximate surface area is 106 Å². The Morgan fingerprint density at radius 3 is 2.67 bits per heavy atom. The Hall–Kier alpha value is -2.09. The average Bonchev–Trinajstić information content (AvgIpc) is 2.23. The van der Waals surface area contributed by atoms with Crippen LogP contribution in [0.4, 0.5) is 14.9 Å². The van der Waals surface area contributed by atoms with E-state index in [-0.39, 0.29) is 6.54 Å². The van der Waals surface area contributed by atoms with Crippen LogP contribution in [0.15, 0.2) is 24.3 Å². The molecule has 0 aliphatic rings. The molecular formula is C13H15FN2O2. The summed E-state index contributed by atoms with van der Waals surface area (Å²) >= 11 is 0. The van der Waals surface area contributed by atoms with E-state index in [1.807, 2.05) is 6.07 Å². The number of ether oxygens (including phenoxy) is 1. The standard InChI is InChI=1S/C13H15FN2O2/c1-13(2,3)18-12(17)16(8-7-15)11-6-4-5-10(14)9-11/h4-6,9H,8H2,1-3H3. The number of hydrogen-bond donors (Lipinski definition) is 0. The second-order valence-corrected chi connectivity index (χ2v) is 4.70. The molecule has 0 bridgehead atoms. The molecule has 96 valence electrons. The van der Waals surface area contributed by atoms with E-state index >= 15 is 0 Å². The summed E-state index contributed by atoms with van der Waals surface area (Å²) in [4.78, 5) is 13.0. The van der Waals surface area contributed by atoms with E-state index in [9.17, 15) is 9.18 Å². The van der Waals surface area contributed by atoms with E-state index in [1.54, 1.807) is 26.8 Å². The number of rotatable bonds is 2. The predicted octanol–water partition coefficient (Wildman–Crippen LogP) is 3.09. The van der Waals surface area contributed by atoms with Crippen LogP contribution in [-0.4, -0.2) is 18.2 Å². The van der Waals surface area contributed by atoms with Crippen LogP contribution in [0, 0.1) is 17.1 Å². The molecule has 4 nitrogen and oxygen atoms in total. The number of carbonyl (C=O) groups is 1. The minimum Gasteiger partial charge on any atom is -0.443 e. The molecule has 5 heteroatoms. The lowest BCUT2D eigenvalue weighted by atomic mass is 10.2. The number of nitriles is 1. The van der Waals surface area contributed by atoms with Crippen molar-refractivity contribution in [3.05, 3.63) is 30.1 Å². The number of amides is 1. The first-order valence-corrected chi connectivity index (χ1v) is 5.46. The van der Waals surface area contributed by atoms with Crippen molar-refractivity contribution < 1.29 is 13.9 Å². The maximum Gasteiger partial charge on any atom is 0.415 e. The van der Waals surface area contributed by atoms with E-state index in [0.29, 0.717) is 5.69 Å². The zero-order valence-electron chi connectivity index (χ0n) is 10.6. The van der Waals surface area contributed by atoms with Gasteiger partial charge in [-0.2, -0.15) is 5.26 Å². The van der Waals surface area contributed by atoms with E-state index < -0.39 is 17.5 Å². The molecule has 0 aliphatic heterocycles. The molecule has 1 amide bonds. The Bertz CT molecular complexity index is 475. The lowest BCUT2D eigenvalue weighted by Gasteiger charge is -2.25. The first kappa shape index (κ1) is 14.0. The van der Waals surface area contributed by atoms with Crippen molar-refractivity contribution in [2.75, 3.05) is 11.4 Å². The fourth-order valence-corrected chi connectivity index (χ4v) is 1.29. The predicted molar refractivity (Wildman–Crippen MR) is 65.6 cm³/mol. The SMILES string of the molecule is CC(C)(C)OC(=O)N(CC#N)c1cccc(F)c1. The summed E-state index contributed by atoms with van der Waals surface area (Å²) in [6.07, 6.45) is -0.672. The number of hydrogen-bond acceptors (Lipinski definition) is 3. The smallest absolute Gasteiger partial charge is 0.415 e. The van der Waals surface area contributed by atoms with E-state index in [0.717, 1.165) is 4.90 Å². The molecule has 0 heterocycles. The van der Waals surface area contributed by atoms with Crippen LogP contribution in [0.5, 0.6) is 0 Å². The Morgan fingerprint density at radius 1 is 1.50 bits per heavy atom. The third-order valence-electron chi connectivity index (χ3n) is 1.96. The molecule has 0 spiro atoms. The highest BCUT2D eigenvalue weighted by atomic mass is 19.1. The minimum atomic E-state index is -0.672. The summed E-state index contributed by atoms with van der Waals surface area (Å²) < 4.78 is 18.3. The van der Waals surface area contributed by atoms with Crippen LogP contribution in [0.1, 0.15) is 20.8 Å². The highest BCUT2D eigenvalue weighted by molar-refractivity contribution is 5.88. The van der Waals surface area contributed by atoms with Crippen LogP contribution in [0.25, 0.3) is 0 Å². The summed E-state index contributed by atoms with van der Waals surface area (Å²) in [6, 6.07) is 7.32. The highest BCUT2D eigenvalue weighted by Gasteiger charge is 2.23. The molecule has 1 aromatic carbocycles. The van der Waals surface area contributed by atoms with Gasteiger partial charge in [-0.15, -0.1) is 0 Å². The number of halogens is 1. The summed E-state index contributed by atoms with van der Waals surface area (Å²) in [5.74, 6) is -0.473. The molecule has 0 atom stereocenters. The van der Waals surface area contributed by atoms with Crippen molar-refractivity contribution in [2.45, 2.75) is 26.4 Å². The highest BCUT2D eigenvalue weighted by Crippen LogP contribution is 2.18. The van der Waals surface area contributed by atoms with Gasteiger partial charge >= 0.3 is 6.09 Å². The topological polar surface area (TPSA) is 53.3 Å². The lowest BCUT2D eigenvalue weighted by molar-refractivity contribution is 0.0585. The van der Waals surface area contributed by atoms with Crippen LogP contribution < -0.4 is 4.90 Å². The molecule has 0 radical (unpaired) electrons. The Morgan fingerprint density at radius 2 is 2.17 bits per heavy atom. The van der Waals surface area contributed by atoms with Gasteiger partial charge in [0.25, 0.3) is 0 Å². The normalized spacial score (nSPS) is 10.6. The molecule has 0 aromatic heterocycles. The van der Waals surface area contributed by atoms with E-state index in [4.69, 9.17) is 10.00 Å². The summed E-state index contributed by atoms with van der Waals surface area (Å²) in [7, 11) is 0. The van der Waals surface area contributed by atoms with E-state index in [2.05, 4.69) is 0 Å². The number of anilines is 1. The Balaban J connectivity index is 2.96. The lowest BCUT2D eigenvalue weighted by Crippen LogP contribution is -2.37. The van der Waals surface area contributed by atoms with Gasteiger partial charge in [-0.1, -0.05) is 6.07 Å². The van der Waals surface area contributed by atoms with Crippen LogP contribution in [0.2, 0.25) is 0 Å². The molecule has 1 rings (SSSR count). The third kappa shape index (κ3) is 4.06. The van der Waals surface area contributed by atoms with Gasteiger partial charge in [-0.3, -0.25) is 4.90 Å². The summed E-state index contributed by atoms with van der Waals surface area (Å²) in [5.41, 5.74) is -0.372. The van der Waals surface area contributed by atoms with Gasteiger partial charge in [0.1, 0.15) is 18.0 Å². The quantitative estimate of drug-likeness (QED) is 0.758. The average molecular weight is 250 g/mol. The first-order valence-electron chi connectivity index (χ1n) is 5.46. The number of benzene rings is 1. The van der Waals surface area contributed by atoms with Gasteiger partial charge in [0, 0.05) is 0 Å². The molecule has 0 unspecified atom stereocenters. The van der Waals surface area contributed by atoms with Gasteiger partial charge in [0.2, 0.25) is 0 Å². The van der Waals surface area contributed by atoms with Crippen LogP contribution >= 0.6 is 0 Å². The van der Waals surface area contributed by atoms with Gasteiger partial charge in [0.15, 0.2) is 0 Å². The molecular weight excluding hydrogens is 235 g/mol. The largest absolute Gasteiger partial charge is 0.443 e. The van der Waals surface area contributed by atoms with Crippen molar-refractivity contribution >= 4 is 11.8 Å². The second-order valence-electron chi connectivity index (χ2n) is 4.70. The first-order chi connectivity index (χ1) is 8.33.